The number of hydrogen-bond acceptors (Lipinski definition) is 5. The Morgan fingerprint density at radius 3 is 2.66 bits per heavy atom. The summed E-state index contributed by atoms with van der Waals surface area (Å²) in [5, 5.41) is 7.94. The molecule has 0 fully saturated rings. The molecule has 7 heteroatoms. The molecule has 0 atom stereocenters. The maximum Gasteiger partial charge on any atom is 0.191 e. The van der Waals surface area contributed by atoms with Crippen molar-refractivity contribution in [3.8, 4) is 0 Å². The Kier molecular flexibility index (Phi) is 7.84. The Labute approximate surface area is 176 Å². The first kappa shape index (κ1) is 21.1. The molecule has 29 heavy (non-hydrogen) atoms. The van der Waals surface area contributed by atoms with E-state index in [4.69, 9.17) is 4.42 Å². The molecule has 2 aromatic heterocycles. The van der Waals surface area contributed by atoms with Gasteiger partial charge in [0.25, 0.3) is 0 Å². The van der Waals surface area contributed by atoms with Crippen LogP contribution in [-0.4, -0.2) is 36.5 Å². The largest absolute Gasteiger partial charge is 0.468 e. The second kappa shape index (κ2) is 10.8. The lowest BCUT2D eigenvalue weighted by Crippen LogP contribution is -2.38. The lowest BCUT2D eigenvalue weighted by atomic mass is 10.1. The summed E-state index contributed by atoms with van der Waals surface area (Å²) in [6.07, 6.45) is 4.54. The summed E-state index contributed by atoms with van der Waals surface area (Å²) in [6, 6.07) is 12.4. The van der Waals surface area contributed by atoms with Crippen LogP contribution in [0.5, 0.6) is 0 Å². The summed E-state index contributed by atoms with van der Waals surface area (Å²) in [6.45, 7) is 5.25. The maximum absolute atomic E-state index is 5.45. The van der Waals surface area contributed by atoms with Crippen molar-refractivity contribution in [1.82, 2.24) is 20.5 Å². The average Bonchev–Trinajstić information content (AvgIpc) is 3.37. The van der Waals surface area contributed by atoms with E-state index in [-0.39, 0.29) is 0 Å². The van der Waals surface area contributed by atoms with Crippen molar-refractivity contribution in [2.75, 3.05) is 20.6 Å². The third kappa shape index (κ3) is 6.73. The average molecular weight is 412 g/mol. The smallest absolute Gasteiger partial charge is 0.191 e. The van der Waals surface area contributed by atoms with E-state index in [0.29, 0.717) is 0 Å². The molecule has 3 aromatic rings. The molecule has 0 unspecified atom stereocenters. The van der Waals surface area contributed by atoms with E-state index in [9.17, 15) is 0 Å². The summed E-state index contributed by atoms with van der Waals surface area (Å²) in [5.74, 6) is 1.78. The molecule has 0 aliphatic carbocycles. The predicted octanol–water partition coefficient (Wildman–Crippen LogP) is 3.58. The van der Waals surface area contributed by atoms with Crippen LogP contribution in [0.3, 0.4) is 0 Å². The van der Waals surface area contributed by atoms with Gasteiger partial charge in [-0.2, -0.15) is 0 Å². The van der Waals surface area contributed by atoms with E-state index in [1.54, 1.807) is 24.6 Å². The molecule has 2 N–H and O–H groups in total. The van der Waals surface area contributed by atoms with E-state index in [1.165, 1.54) is 16.0 Å². The number of aryl methyl sites for hydroxylation is 1. The predicted molar refractivity (Wildman–Crippen MR) is 119 cm³/mol. The van der Waals surface area contributed by atoms with Gasteiger partial charge in [0, 0.05) is 44.2 Å². The van der Waals surface area contributed by atoms with E-state index in [0.717, 1.165) is 49.3 Å². The maximum atomic E-state index is 5.45. The molecule has 154 valence electrons. The van der Waals surface area contributed by atoms with Crippen LogP contribution in [0.15, 0.2) is 58.3 Å². The molecule has 2 heterocycles. The third-order valence-electron chi connectivity index (χ3n) is 4.53. The van der Waals surface area contributed by atoms with E-state index < -0.39 is 0 Å². The highest BCUT2D eigenvalue weighted by atomic mass is 32.1. The van der Waals surface area contributed by atoms with Crippen molar-refractivity contribution in [3.05, 3.63) is 75.6 Å². The standard InChI is InChI=1S/C22H29N5OS/c1-17-13-25-21(29-17)10-11-24-22(23-2)26-14-18-7-4-5-8-19(18)15-27(3)16-20-9-6-12-28-20/h4-9,12-13H,10-11,14-16H2,1-3H3,(H2,23,24,26). The summed E-state index contributed by atoms with van der Waals surface area (Å²) in [7, 11) is 3.90. The molecule has 0 spiro atoms. The number of nitrogens with one attached hydrogen (secondary N) is 2. The first-order valence-electron chi connectivity index (χ1n) is 9.77. The zero-order chi connectivity index (χ0) is 20.5. The quantitative estimate of drug-likeness (QED) is 0.416. The lowest BCUT2D eigenvalue weighted by Gasteiger charge is -2.19. The van der Waals surface area contributed by atoms with Gasteiger partial charge < -0.3 is 15.1 Å². The van der Waals surface area contributed by atoms with Crippen molar-refractivity contribution < 1.29 is 4.42 Å². The number of aromatic nitrogens is 1. The van der Waals surface area contributed by atoms with Gasteiger partial charge in [0.1, 0.15) is 5.76 Å². The van der Waals surface area contributed by atoms with Gasteiger partial charge in [-0.05, 0) is 37.2 Å². The molecule has 0 radical (unpaired) electrons. The fourth-order valence-electron chi connectivity index (χ4n) is 3.10. The van der Waals surface area contributed by atoms with Crippen LogP contribution in [-0.2, 0) is 26.1 Å². The Morgan fingerprint density at radius 2 is 1.97 bits per heavy atom. The molecule has 0 aliphatic heterocycles. The van der Waals surface area contributed by atoms with E-state index in [1.807, 2.05) is 18.3 Å². The van der Waals surface area contributed by atoms with Crippen LogP contribution in [0.25, 0.3) is 0 Å². The molecule has 1 aromatic carbocycles. The molecule has 0 amide bonds. The monoisotopic (exact) mass is 411 g/mol. The summed E-state index contributed by atoms with van der Waals surface area (Å²) >= 11 is 1.74. The third-order valence-corrected chi connectivity index (χ3v) is 5.51. The molecule has 0 aliphatic rings. The minimum atomic E-state index is 0.723. The van der Waals surface area contributed by atoms with Crippen LogP contribution in [0.4, 0.5) is 0 Å². The van der Waals surface area contributed by atoms with Crippen molar-refractivity contribution in [2.24, 2.45) is 4.99 Å². The highest BCUT2D eigenvalue weighted by Gasteiger charge is 2.08. The van der Waals surface area contributed by atoms with Crippen LogP contribution in [0, 0.1) is 6.92 Å². The number of guanidine groups is 1. The van der Waals surface area contributed by atoms with Gasteiger partial charge in [-0.3, -0.25) is 9.89 Å². The Bertz CT molecular complexity index is 904. The zero-order valence-electron chi connectivity index (χ0n) is 17.3. The number of thiazole rings is 1. The number of furan rings is 1. The van der Waals surface area contributed by atoms with E-state index in [2.05, 4.69) is 63.7 Å². The van der Waals surface area contributed by atoms with Crippen molar-refractivity contribution in [1.29, 1.82) is 0 Å². The first-order chi connectivity index (χ1) is 14.1. The highest BCUT2D eigenvalue weighted by molar-refractivity contribution is 7.11. The zero-order valence-corrected chi connectivity index (χ0v) is 18.1. The SMILES string of the molecule is CN=C(NCCc1ncc(C)s1)NCc1ccccc1CN(C)Cc1ccco1. The van der Waals surface area contributed by atoms with Gasteiger partial charge in [0.05, 0.1) is 17.8 Å². The Hall–Kier alpha value is -2.64. The second-order valence-corrected chi connectivity index (χ2v) is 8.31. The van der Waals surface area contributed by atoms with Crippen LogP contribution >= 0.6 is 11.3 Å². The van der Waals surface area contributed by atoms with Crippen LogP contribution in [0.2, 0.25) is 0 Å². The molecule has 3 rings (SSSR count). The van der Waals surface area contributed by atoms with Crippen molar-refractivity contribution in [3.63, 3.8) is 0 Å². The number of rotatable bonds is 9. The van der Waals surface area contributed by atoms with Gasteiger partial charge in [-0.1, -0.05) is 24.3 Å². The summed E-state index contributed by atoms with van der Waals surface area (Å²) < 4.78 is 5.45. The van der Waals surface area contributed by atoms with Gasteiger partial charge in [-0.15, -0.1) is 11.3 Å². The summed E-state index contributed by atoms with van der Waals surface area (Å²) in [4.78, 5) is 12.2. The number of benzene rings is 1. The van der Waals surface area contributed by atoms with Gasteiger partial charge >= 0.3 is 0 Å². The molecule has 6 nitrogen and oxygen atoms in total. The Balaban J connectivity index is 1.49. The fourth-order valence-corrected chi connectivity index (χ4v) is 3.89. The van der Waals surface area contributed by atoms with Crippen LogP contribution < -0.4 is 10.6 Å². The number of aliphatic imine (C=N–C) groups is 1. The topological polar surface area (TPSA) is 65.7 Å². The van der Waals surface area contributed by atoms with Crippen molar-refractivity contribution in [2.45, 2.75) is 33.0 Å². The molecular formula is C22H29N5OS. The highest BCUT2D eigenvalue weighted by Crippen LogP contribution is 2.13. The second-order valence-electron chi connectivity index (χ2n) is 6.99. The van der Waals surface area contributed by atoms with Crippen LogP contribution in [0.1, 0.15) is 26.8 Å². The minimum Gasteiger partial charge on any atom is -0.468 e. The molecule has 0 saturated carbocycles. The minimum absolute atomic E-state index is 0.723. The first-order valence-corrected chi connectivity index (χ1v) is 10.6. The molecule has 0 saturated heterocycles. The summed E-state index contributed by atoms with van der Waals surface area (Å²) in [5.41, 5.74) is 2.56. The number of hydrogen-bond donors (Lipinski definition) is 2. The number of nitrogens with zero attached hydrogens (tertiary/aromatic N) is 3. The Morgan fingerprint density at radius 1 is 1.14 bits per heavy atom. The molecular weight excluding hydrogens is 382 g/mol. The lowest BCUT2D eigenvalue weighted by molar-refractivity contribution is 0.287. The van der Waals surface area contributed by atoms with E-state index >= 15 is 0 Å². The molecule has 0 bridgehead atoms. The van der Waals surface area contributed by atoms with Gasteiger partial charge in [0.15, 0.2) is 5.96 Å². The van der Waals surface area contributed by atoms with Crippen molar-refractivity contribution >= 4 is 17.3 Å². The normalized spacial score (nSPS) is 11.8. The van der Waals surface area contributed by atoms with Gasteiger partial charge in [0.2, 0.25) is 0 Å². The fraction of sp³-hybridized carbons (Fsp3) is 0.364. The van der Waals surface area contributed by atoms with Gasteiger partial charge in [-0.25, -0.2) is 4.98 Å².